The maximum absolute atomic E-state index is 13.8. The van der Waals surface area contributed by atoms with Crippen LogP contribution in [0.5, 0.6) is 0 Å². The number of anilines is 1. The molecule has 0 heterocycles. The first kappa shape index (κ1) is 18.0. The summed E-state index contributed by atoms with van der Waals surface area (Å²) in [6, 6.07) is 2.91. The Hall–Kier alpha value is -1.01. The largest absolute Gasteiger partial charge is 0.486 e. The van der Waals surface area contributed by atoms with Gasteiger partial charge in [0, 0.05) is 17.3 Å². The topological polar surface area (TPSA) is 38.3 Å². The average Bonchev–Trinajstić information content (AvgIpc) is 2.41. The van der Waals surface area contributed by atoms with Crippen molar-refractivity contribution in [2.45, 2.75) is 33.6 Å². The highest BCUT2D eigenvalue weighted by molar-refractivity contribution is 9.10. The second-order valence-electron chi connectivity index (χ2n) is 5.08. The van der Waals surface area contributed by atoms with Gasteiger partial charge in [0.05, 0.1) is 12.3 Å². The summed E-state index contributed by atoms with van der Waals surface area (Å²) in [6.45, 7) is 6.34. The number of amides is 1. The van der Waals surface area contributed by atoms with Crippen LogP contribution in [0.25, 0.3) is 0 Å². The Bertz CT molecular complexity index is 535. The summed E-state index contributed by atoms with van der Waals surface area (Å²) in [5.74, 6) is -0.332. The number of rotatable bonds is 6. The molecule has 21 heavy (non-hydrogen) atoms. The molecule has 1 aromatic rings. The summed E-state index contributed by atoms with van der Waals surface area (Å²) in [5, 5.41) is 2.98. The van der Waals surface area contributed by atoms with Crippen LogP contribution in [0.2, 0.25) is 0 Å². The number of halogens is 2. The highest BCUT2D eigenvalue weighted by Gasteiger charge is 2.12. The van der Waals surface area contributed by atoms with E-state index in [0.717, 1.165) is 5.56 Å². The van der Waals surface area contributed by atoms with Gasteiger partial charge in [-0.25, -0.2) is 4.39 Å². The number of ether oxygens (including phenoxy) is 1. The van der Waals surface area contributed by atoms with Crippen molar-refractivity contribution in [2.24, 2.45) is 5.92 Å². The average molecular weight is 376 g/mol. The fourth-order valence-corrected chi connectivity index (χ4v) is 2.21. The molecule has 0 aromatic heterocycles. The van der Waals surface area contributed by atoms with E-state index in [-0.39, 0.29) is 11.6 Å². The van der Waals surface area contributed by atoms with Crippen molar-refractivity contribution in [2.75, 3.05) is 11.9 Å². The van der Waals surface area contributed by atoms with Gasteiger partial charge in [0.2, 0.25) is 5.91 Å². The van der Waals surface area contributed by atoms with E-state index in [0.29, 0.717) is 34.9 Å². The molecule has 1 rings (SSSR count). The number of nitrogens with one attached hydrogen (secondary N) is 1. The summed E-state index contributed by atoms with van der Waals surface area (Å²) >= 11 is 8.48. The van der Waals surface area contributed by atoms with Crippen molar-refractivity contribution in [3.05, 3.63) is 28.0 Å². The summed E-state index contributed by atoms with van der Waals surface area (Å²) in [7, 11) is 0. The Morgan fingerprint density at radius 1 is 1.48 bits per heavy atom. The van der Waals surface area contributed by atoms with Gasteiger partial charge in [-0.1, -0.05) is 36.7 Å². The van der Waals surface area contributed by atoms with E-state index in [1.165, 1.54) is 6.07 Å². The maximum atomic E-state index is 13.8. The first-order valence-electron chi connectivity index (χ1n) is 6.76. The van der Waals surface area contributed by atoms with E-state index >= 15 is 0 Å². The number of carbonyl (C=O) groups excluding carboxylic acids is 1. The van der Waals surface area contributed by atoms with Crippen LogP contribution in [0.15, 0.2) is 16.6 Å². The molecule has 0 radical (unpaired) electrons. The number of thiocarbonyl (C=S) groups is 1. The molecular formula is C15H19BrFNO2S. The van der Waals surface area contributed by atoms with Gasteiger partial charge >= 0.3 is 0 Å². The minimum absolute atomic E-state index is 0.159. The zero-order chi connectivity index (χ0) is 16.0. The smallest absolute Gasteiger partial charge is 0.224 e. The van der Waals surface area contributed by atoms with Crippen LogP contribution in [0.3, 0.4) is 0 Å². The minimum Gasteiger partial charge on any atom is -0.486 e. The lowest BCUT2D eigenvalue weighted by molar-refractivity contribution is -0.115. The molecule has 0 unspecified atom stereocenters. The van der Waals surface area contributed by atoms with E-state index < -0.39 is 5.82 Å². The molecule has 0 aliphatic carbocycles. The second-order valence-corrected chi connectivity index (χ2v) is 6.39. The summed E-state index contributed by atoms with van der Waals surface area (Å²) in [6.07, 6.45) is 0.679. The summed E-state index contributed by atoms with van der Waals surface area (Å²) in [4.78, 5) is 11.4. The van der Waals surface area contributed by atoms with Gasteiger partial charge in [-0.15, -0.1) is 0 Å². The number of benzene rings is 1. The Morgan fingerprint density at radius 2 is 2.14 bits per heavy atom. The molecular weight excluding hydrogens is 357 g/mol. The van der Waals surface area contributed by atoms with Crippen LogP contribution >= 0.6 is 28.1 Å². The van der Waals surface area contributed by atoms with Gasteiger partial charge in [0.1, 0.15) is 5.82 Å². The van der Waals surface area contributed by atoms with Crippen LogP contribution in [0.1, 0.15) is 32.8 Å². The predicted octanol–water partition coefficient (Wildman–Crippen LogP) is 4.48. The van der Waals surface area contributed by atoms with E-state index in [1.54, 1.807) is 13.0 Å². The van der Waals surface area contributed by atoms with E-state index in [9.17, 15) is 9.18 Å². The lowest BCUT2D eigenvalue weighted by atomic mass is 10.1. The fraction of sp³-hybridized carbons (Fsp3) is 0.467. The zero-order valence-electron chi connectivity index (χ0n) is 12.3. The van der Waals surface area contributed by atoms with E-state index in [4.69, 9.17) is 17.0 Å². The standard InChI is InChI=1S/C15H19BrFNO2S/c1-4-14(19)18-13-5-10(11(16)7-12(13)17)6-15(21)20-8-9(2)3/h5,7,9H,4,6,8H2,1-3H3,(H,18,19). The highest BCUT2D eigenvalue weighted by atomic mass is 79.9. The van der Waals surface area contributed by atoms with Crippen molar-refractivity contribution >= 4 is 44.8 Å². The van der Waals surface area contributed by atoms with Crippen molar-refractivity contribution in [1.29, 1.82) is 0 Å². The molecule has 1 amide bonds. The molecule has 3 nitrogen and oxygen atoms in total. The maximum Gasteiger partial charge on any atom is 0.224 e. The van der Waals surface area contributed by atoms with Gasteiger partial charge in [0.15, 0.2) is 5.05 Å². The lowest BCUT2D eigenvalue weighted by Crippen LogP contribution is -2.13. The second kappa shape index (κ2) is 8.44. The molecule has 0 bridgehead atoms. The normalized spacial score (nSPS) is 10.6. The number of carbonyl (C=O) groups is 1. The molecule has 0 aliphatic rings. The van der Waals surface area contributed by atoms with Gasteiger partial charge in [-0.3, -0.25) is 4.79 Å². The molecule has 0 spiro atoms. The Morgan fingerprint density at radius 3 is 2.71 bits per heavy atom. The Labute approximate surface area is 138 Å². The Kier molecular flexibility index (Phi) is 7.25. The third-order valence-corrected chi connectivity index (χ3v) is 3.64. The van der Waals surface area contributed by atoms with Gasteiger partial charge in [0.25, 0.3) is 0 Å². The van der Waals surface area contributed by atoms with Crippen LogP contribution in [0.4, 0.5) is 10.1 Å². The molecule has 1 aromatic carbocycles. The van der Waals surface area contributed by atoms with Crippen LogP contribution in [-0.4, -0.2) is 17.6 Å². The molecule has 0 saturated heterocycles. The predicted molar refractivity (Wildman–Crippen MR) is 90.1 cm³/mol. The SMILES string of the molecule is CCC(=O)Nc1cc(CC(=S)OCC(C)C)c(Br)cc1F. The third-order valence-electron chi connectivity index (χ3n) is 2.64. The first-order valence-corrected chi connectivity index (χ1v) is 7.97. The summed E-state index contributed by atoms with van der Waals surface area (Å²) < 4.78 is 19.9. The molecule has 0 aliphatic heterocycles. The third kappa shape index (κ3) is 6.09. The molecule has 0 saturated carbocycles. The minimum atomic E-state index is -0.485. The molecule has 0 fully saturated rings. The van der Waals surface area contributed by atoms with Crippen molar-refractivity contribution < 1.29 is 13.9 Å². The Balaban J connectivity index is 2.84. The van der Waals surface area contributed by atoms with E-state index in [2.05, 4.69) is 21.2 Å². The number of hydrogen-bond donors (Lipinski definition) is 1. The molecule has 6 heteroatoms. The van der Waals surface area contributed by atoms with Crippen LogP contribution in [0, 0.1) is 11.7 Å². The van der Waals surface area contributed by atoms with Gasteiger partial charge in [-0.2, -0.15) is 0 Å². The van der Waals surface area contributed by atoms with Gasteiger partial charge in [-0.05, 0) is 35.8 Å². The summed E-state index contributed by atoms with van der Waals surface area (Å²) in [5.41, 5.74) is 0.934. The zero-order valence-corrected chi connectivity index (χ0v) is 14.7. The first-order chi connectivity index (χ1) is 9.83. The van der Waals surface area contributed by atoms with Gasteiger partial charge < -0.3 is 10.1 Å². The van der Waals surface area contributed by atoms with Crippen molar-refractivity contribution in [3.63, 3.8) is 0 Å². The molecule has 116 valence electrons. The van der Waals surface area contributed by atoms with Crippen molar-refractivity contribution in [3.8, 4) is 0 Å². The van der Waals surface area contributed by atoms with Crippen molar-refractivity contribution in [1.82, 2.24) is 0 Å². The quantitative estimate of drug-likeness (QED) is 0.744. The highest BCUT2D eigenvalue weighted by Crippen LogP contribution is 2.26. The van der Waals surface area contributed by atoms with Crippen LogP contribution in [-0.2, 0) is 16.0 Å². The fourth-order valence-electron chi connectivity index (χ4n) is 1.53. The van der Waals surface area contributed by atoms with Crippen LogP contribution < -0.4 is 5.32 Å². The molecule has 1 N–H and O–H groups in total. The van der Waals surface area contributed by atoms with E-state index in [1.807, 2.05) is 13.8 Å². The monoisotopic (exact) mass is 375 g/mol. The lowest BCUT2D eigenvalue weighted by Gasteiger charge is -2.13. The number of hydrogen-bond acceptors (Lipinski definition) is 3. The molecule has 0 atom stereocenters.